The smallest absolute Gasteiger partial charge is 0.260 e. The number of aromatic nitrogens is 1. The molecule has 120 valence electrons. The Kier molecular flexibility index (Phi) is 4.71. The minimum atomic E-state index is -0.202. The summed E-state index contributed by atoms with van der Waals surface area (Å²) in [5.74, 6) is 0.153. The molecule has 0 saturated heterocycles. The molecule has 6 heteroatoms. The Morgan fingerprint density at radius 3 is 2.70 bits per heavy atom. The maximum Gasteiger partial charge on any atom is 0.260 e. The lowest BCUT2D eigenvalue weighted by molar-refractivity contribution is -0.114. The van der Waals surface area contributed by atoms with E-state index in [0.29, 0.717) is 16.4 Å². The largest absolute Gasteiger partial charge is 0.317 e. The van der Waals surface area contributed by atoms with Crippen LogP contribution in [0.1, 0.15) is 47.0 Å². The van der Waals surface area contributed by atoms with E-state index in [1.165, 1.54) is 29.6 Å². The van der Waals surface area contributed by atoms with Crippen LogP contribution in [-0.4, -0.2) is 16.8 Å². The van der Waals surface area contributed by atoms with Crippen LogP contribution in [0.15, 0.2) is 24.4 Å². The van der Waals surface area contributed by atoms with Crippen LogP contribution in [0.3, 0.4) is 0 Å². The fourth-order valence-corrected chi connectivity index (χ4v) is 4.18. The Bertz CT molecular complexity index is 725. The van der Waals surface area contributed by atoms with E-state index in [1.807, 2.05) is 6.07 Å². The van der Waals surface area contributed by atoms with Crippen molar-refractivity contribution in [3.8, 4) is 0 Å². The van der Waals surface area contributed by atoms with E-state index in [4.69, 9.17) is 0 Å². The molecule has 0 spiro atoms. The number of rotatable bonds is 3. The second-order valence-corrected chi connectivity index (χ2v) is 6.72. The van der Waals surface area contributed by atoms with Gasteiger partial charge in [0.1, 0.15) is 10.8 Å². The average Bonchev–Trinajstić information content (AvgIpc) is 2.69. The van der Waals surface area contributed by atoms with Crippen LogP contribution in [0.2, 0.25) is 0 Å². The van der Waals surface area contributed by atoms with E-state index in [1.54, 1.807) is 18.3 Å². The Labute approximate surface area is 139 Å². The molecule has 5 nitrogen and oxygen atoms in total. The Morgan fingerprint density at radius 1 is 1.13 bits per heavy atom. The van der Waals surface area contributed by atoms with Gasteiger partial charge < -0.3 is 10.6 Å². The number of thiophene rings is 1. The summed E-state index contributed by atoms with van der Waals surface area (Å²) < 4.78 is 0. The lowest BCUT2D eigenvalue weighted by Crippen LogP contribution is -2.17. The van der Waals surface area contributed by atoms with Crippen molar-refractivity contribution in [2.45, 2.75) is 39.0 Å². The van der Waals surface area contributed by atoms with Gasteiger partial charge in [-0.05, 0) is 43.4 Å². The number of aryl methyl sites for hydroxylation is 1. The zero-order valence-electron chi connectivity index (χ0n) is 13.0. The summed E-state index contributed by atoms with van der Waals surface area (Å²) in [6.45, 7) is 1.46. The summed E-state index contributed by atoms with van der Waals surface area (Å²) in [5, 5.41) is 6.30. The summed E-state index contributed by atoms with van der Waals surface area (Å²) in [4.78, 5) is 29.6. The maximum absolute atomic E-state index is 12.8. The predicted molar refractivity (Wildman–Crippen MR) is 92.1 cm³/mol. The highest BCUT2D eigenvalue weighted by atomic mass is 32.1. The van der Waals surface area contributed by atoms with Gasteiger partial charge in [-0.15, -0.1) is 11.3 Å². The molecule has 0 saturated carbocycles. The van der Waals surface area contributed by atoms with Gasteiger partial charge in [0.05, 0.1) is 5.56 Å². The van der Waals surface area contributed by atoms with Crippen LogP contribution in [0, 0.1) is 0 Å². The molecule has 1 aliphatic rings. The number of anilines is 2. The number of carbonyl (C=O) groups is 2. The van der Waals surface area contributed by atoms with Crippen molar-refractivity contribution in [1.29, 1.82) is 0 Å². The fraction of sp³-hybridized carbons (Fsp3) is 0.353. The lowest BCUT2D eigenvalue weighted by atomic mass is 10.0. The van der Waals surface area contributed by atoms with Gasteiger partial charge in [0.15, 0.2) is 0 Å². The van der Waals surface area contributed by atoms with Gasteiger partial charge in [-0.3, -0.25) is 9.59 Å². The van der Waals surface area contributed by atoms with Crippen molar-refractivity contribution in [3.05, 3.63) is 40.4 Å². The number of hydrogen-bond donors (Lipinski definition) is 2. The maximum atomic E-state index is 12.8. The first-order chi connectivity index (χ1) is 11.1. The fourth-order valence-electron chi connectivity index (χ4n) is 2.85. The van der Waals surface area contributed by atoms with E-state index in [-0.39, 0.29) is 11.8 Å². The minimum absolute atomic E-state index is 0.159. The molecule has 1 aliphatic carbocycles. The van der Waals surface area contributed by atoms with Crippen molar-refractivity contribution in [1.82, 2.24) is 4.98 Å². The number of amides is 2. The number of pyridine rings is 1. The molecule has 0 fully saturated rings. The number of fused-ring (bicyclic) bond motifs is 1. The zero-order chi connectivity index (χ0) is 16.2. The van der Waals surface area contributed by atoms with Crippen molar-refractivity contribution in [2.75, 3.05) is 10.6 Å². The highest BCUT2D eigenvalue weighted by Crippen LogP contribution is 2.37. The molecule has 0 atom stereocenters. The van der Waals surface area contributed by atoms with Gasteiger partial charge in [0, 0.05) is 18.0 Å². The summed E-state index contributed by atoms with van der Waals surface area (Å²) in [7, 11) is 0. The van der Waals surface area contributed by atoms with Crippen LogP contribution in [0.4, 0.5) is 10.8 Å². The van der Waals surface area contributed by atoms with Crippen molar-refractivity contribution in [2.24, 2.45) is 0 Å². The van der Waals surface area contributed by atoms with Crippen molar-refractivity contribution < 1.29 is 9.59 Å². The lowest BCUT2D eigenvalue weighted by Gasteiger charge is -2.08. The third-order valence-corrected chi connectivity index (χ3v) is 5.05. The first kappa shape index (κ1) is 15.7. The number of carbonyl (C=O) groups excluding carboxylic acids is 2. The molecule has 2 aromatic heterocycles. The Hall–Kier alpha value is -2.21. The molecular weight excluding hydrogens is 310 g/mol. The van der Waals surface area contributed by atoms with Crippen LogP contribution in [0.25, 0.3) is 0 Å². The Morgan fingerprint density at radius 2 is 1.96 bits per heavy atom. The SMILES string of the molecule is CC(=O)Nc1sc2c(c1C(=O)Nc1ccccn1)CCCCC2. The van der Waals surface area contributed by atoms with Gasteiger partial charge in [-0.2, -0.15) is 0 Å². The van der Waals surface area contributed by atoms with E-state index in [0.717, 1.165) is 31.2 Å². The highest BCUT2D eigenvalue weighted by molar-refractivity contribution is 7.17. The van der Waals surface area contributed by atoms with Crippen molar-refractivity contribution in [3.63, 3.8) is 0 Å². The predicted octanol–water partition coefficient (Wildman–Crippen LogP) is 3.62. The topological polar surface area (TPSA) is 71.1 Å². The van der Waals surface area contributed by atoms with Crippen LogP contribution in [-0.2, 0) is 17.6 Å². The third-order valence-electron chi connectivity index (χ3n) is 3.84. The van der Waals surface area contributed by atoms with Gasteiger partial charge in [-0.25, -0.2) is 4.98 Å². The molecule has 0 radical (unpaired) electrons. The summed E-state index contributed by atoms with van der Waals surface area (Å²) in [6, 6.07) is 5.38. The third kappa shape index (κ3) is 3.59. The molecule has 3 rings (SSSR count). The molecule has 2 amide bonds. The monoisotopic (exact) mass is 329 g/mol. The molecular formula is C17H19N3O2S. The second kappa shape index (κ2) is 6.91. The molecule has 0 aromatic carbocycles. The highest BCUT2D eigenvalue weighted by Gasteiger charge is 2.25. The normalized spacial score (nSPS) is 13.8. The average molecular weight is 329 g/mol. The first-order valence-corrected chi connectivity index (χ1v) is 8.61. The van der Waals surface area contributed by atoms with E-state index >= 15 is 0 Å². The summed E-state index contributed by atoms with van der Waals surface area (Å²) in [6.07, 6.45) is 6.89. The quantitative estimate of drug-likeness (QED) is 0.845. The van der Waals surface area contributed by atoms with Crippen LogP contribution in [0.5, 0.6) is 0 Å². The number of nitrogens with zero attached hydrogens (tertiary/aromatic N) is 1. The summed E-state index contributed by atoms with van der Waals surface area (Å²) in [5.41, 5.74) is 1.69. The van der Waals surface area contributed by atoms with Gasteiger partial charge in [-0.1, -0.05) is 12.5 Å². The van der Waals surface area contributed by atoms with Gasteiger partial charge in [0.25, 0.3) is 5.91 Å². The molecule has 0 aliphatic heterocycles. The summed E-state index contributed by atoms with van der Waals surface area (Å²) >= 11 is 1.53. The minimum Gasteiger partial charge on any atom is -0.317 e. The molecule has 2 aromatic rings. The molecule has 2 heterocycles. The second-order valence-electron chi connectivity index (χ2n) is 5.62. The molecule has 0 bridgehead atoms. The van der Waals surface area contributed by atoms with E-state index in [9.17, 15) is 9.59 Å². The van der Waals surface area contributed by atoms with Gasteiger partial charge in [0.2, 0.25) is 5.91 Å². The number of nitrogens with one attached hydrogen (secondary N) is 2. The number of hydrogen-bond acceptors (Lipinski definition) is 4. The Balaban J connectivity index is 1.96. The van der Waals surface area contributed by atoms with E-state index in [2.05, 4.69) is 15.6 Å². The molecule has 2 N–H and O–H groups in total. The zero-order valence-corrected chi connectivity index (χ0v) is 13.8. The molecule has 0 unspecified atom stereocenters. The van der Waals surface area contributed by atoms with Crippen LogP contribution >= 0.6 is 11.3 Å². The standard InChI is InChI=1S/C17H19N3O2S/c1-11(21)19-17-15(12-7-3-2-4-8-13(12)23-17)16(22)20-14-9-5-6-10-18-14/h5-6,9-10H,2-4,7-8H2,1H3,(H,19,21)(H,18,20,22). The van der Waals surface area contributed by atoms with Gasteiger partial charge >= 0.3 is 0 Å². The van der Waals surface area contributed by atoms with Crippen molar-refractivity contribution >= 4 is 34.0 Å². The first-order valence-electron chi connectivity index (χ1n) is 7.79. The van der Waals surface area contributed by atoms with E-state index < -0.39 is 0 Å². The molecule has 23 heavy (non-hydrogen) atoms. The van der Waals surface area contributed by atoms with Crippen LogP contribution < -0.4 is 10.6 Å².